The Labute approximate surface area is 125 Å². The smallest absolute Gasteiger partial charge is 0.320 e. The molecule has 0 fully saturated rings. The molecule has 0 aromatic heterocycles. The second-order valence-corrected chi connectivity index (χ2v) is 4.92. The minimum atomic E-state index is -0.301. The molecular weight excluding hydrogens is 270 g/mol. The standard InChI is InChI=1S/C15H25N3O3/c1-12(16)14(18-7-8-19)9-17-10-15(20)21-11-13-5-3-2-4-6-13/h2-6,12,14,17-19H,7-11,16H2,1H3. The average molecular weight is 295 g/mol. The largest absolute Gasteiger partial charge is 0.460 e. The highest BCUT2D eigenvalue weighted by Crippen LogP contribution is 2.00. The van der Waals surface area contributed by atoms with E-state index >= 15 is 0 Å². The molecule has 1 rings (SSSR count). The number of esters is 1. The predicted octanol–water partition coefficient (Wildman–Crippen LogP) is -0.383. The van der Waals surface area contributed by atoms with Crippen LogP contribution in [0, 0.1) is 0 Å². The summed E-state index contributed by atoms with van der Waals surface area (Å²) < 4.78 is 5.16. The number of nitrogens with two attached hydrogens (primary N) is 1. The van der Waals surface area contributed by atoms with Crippen LogP contribution in [0.15, 0.2) is 30.3 Å². The van der Waals surface area contributed by atoms with Gasteiger partial charge in [-0.25, -0.2) is 0 Å². The zero-order valence-corrected chi connectivity index (χ0v) is 12.4. The fraction of sp³-hybridized carbons (Fsp3) is 0.533. The molecule has 6 nitrogen and oxygen atoms in total. The van der Waals surface area contributed by atoms with Crippen molar-refractivity contribution in [3.8, 4) is 0 Å². The molecule has 0 saturated carbocycles. The van der Waals surface area contributed by atoms with E-state index in [1.54, 1.807) is 0 Å². The van der Waals surface area contributed by atoms with Crippen molar-refractivity contribution in [2.24, 2.45) is 5.73 Å². The lowest BCUT2D eigenvalue weighted by molar-refractivity contribution is -0.143. The van der Waals surface area contributed by atoms with E-state index in [4.69, 9.17) is 15.6 Å². The maximum absolute atomic E-state index is 11.6. The molecule has 2 atom stereocenters. The van der Waals surface area contributed by atoms with Crippen molar-refractivity contribution in [3.63, 3.8) is 0 Å². The Morgan fingerprint density at radius 2 is 2.10 bits per heavy atom. The van der Waals surface area contributed by atoms with E-state index in [1.165, 1.54) is 0 Å². The van der Waals surface area contributed by atoms with Crippen molar-refractivity contribution >= 4 is 5.97 Å². The molecule has 1 aromatic rings. The average Bonchev–Trinajstić information content (AvgIpc) is 2.49. The van der Waals surface area contributed by atoms with E-state index in [2.05, 4.69) is 10.6 Å². The number of carbonyl (C=O) groups is 1. The van der Waals surface area contributed by atoms with Crippen molar-refractivity contribution in [1.82, 2.24) is 10.6 Å². The van der Waals surface area contributed by atoms with Crippen molar-refractivity contribution in [2.75, 3.05) is 26.2 Å². The zero-order chi connectivity index (χ0) is 15.5. The maximum Gasteiger partial charge on any atom is 0.320 e. The van der Waals surface area contributed by atoms with Crippen molar-refractivity contribution < 1.29 is 14.6 Å². The fourth-order valence-corrected chi connectivity index (χ4v) is 1.81. The van der Waals surface area contributed by atoms with Gasteiger partial charge in [0.2, 0.25) is 0 Å². The Morgan fingerprint density at radius 3 is 2.71 bits per heavy atom. The molecule has 118 valence electrons. The van der Waals surface area contributed by atoms with Crippen molar-refractivity contribution in [2.45, 2.75) is 25.6 Å². The molecule has 21 heavy (non-hydrogen) atoms. The number of rotatable bonds is 10. The summed E-state index contributed by atoms with van der Waals surface area (Å²) in [6.07, 6.45) is 0. The van der Waals surface area contributed by atoms with E-state index in [0.29, 0.717) is 13.1 Å². The Morgan fingerprint density at radius 1 is 1.38 bits per heavy atom. The Bertz CT molecular complexity index is 398. The third kappa shape index (κ3) is 7.77. The van der Waals surface area contributed by atoms with Crippen molar-refractivity contribution in [3.05, 3.63) is 35.9 Å². The number of carbonyl (C=O) groups excluding carboxylic acids is 1. The van der Waals surface area contributed by atoms with Crippen LogP contribution in [-0.2, 0) is 16.1 Å². The monoisotopic (exact) mass is 295 g/mol. The van der Waals surface area contributed by atoms with Crippen LogP contribution in [-0.4, -0.2) is 49.4 Å². The Balaban J connectivity index is 2.19. The lowest BCUT2D eigenvalue weighted by Crippen LogP contribution is -2.50. The minimum Gasteiger partial charge on any atom is -0.460 e. The van der Waals surface area contributed by atoms with Gasteiger partial charge in [-0.1, -0.05) is 30.3 Å². The van der Waals surface area contributed by atoms with Gasteiger partial charge in [-0.2, -0.15) is 0 Å². The molecule has 1 aromatic carbocycles. The highest BCUT2D eigenvalue weighted by molar-refractivity contribution is 5.71. The van der Waals surface area contributed by atoms with Gasteiger partial charge in [-0.15, -0.1) is 0 Å². The van der Waals surface area contributed by atoms with Gasteiger partial charge >= 0.3 is 5.97 Å². The van der Waals surface area contributed by atoms with Gasteiger partial charge < -0.3 is 26.2 Å². The number of ether oxygens (including phenoxy) is 1. The summed E-state index contributed by atoms with van der Waals surface area (Å²) in [4.78, 5) is 11.6. The Kier molecular flexibility index (Phi) is 8.61. The normalized spacial score (nSPS) is 13.7. The van der Waals surface area contributed by atoms with E-state index < -0.39 is 0 Å². The van der Waals surface area contributed by atoms with Crippen LogP contribution in [0.3, 0.4) is 0 Å². The summed E-state index contributed by atoms with van der Waals surface area (Å²) in [5, 5.41) is 14.9. The summed E-state index contributed by atoms with van der Waals surface area (Å²) in [7, 11) is 0. The summed E-state index contributed by atoms with van der Waals surface area (Å²) in [6, 6.07) is 9.46. The molecule has 0 radical (unpaired) electrons. The number of aliphatic hydroxyl groups excluding tert-OH is 1. The van der Waals surface area contributed by atoms with Crippen LogP contribution >= 0.6 is 0 Å². The van der Waals surface area contributed by atoms with Crippen LogP contribution in [0.2, 0.25) is 0 Å². The summed E-state index contributed by atoms with van der Waals surface area (Å²) in [6.45, 7) is 3.37. The summed E-state index contributed by atoms with van der Waals surface area (Å²) in [5.74, 6) is -0.301. The summed E-state index contributed by atoms with van der Waals surface area (Å²) >= 11 is 0. The lowest BCUT2D eigenvalue weighted by Gasteiger charge is -2.22. The number of aliphatic hydroxyl groups is 1. The zero-order valence-electron chi connectivity index (χ0n) is 12.4. The van der Waals surface area contributed by atoms with Gasteiger partial charge in [0.25, 0.3) is 0 Å². The van der Waals surface area contributed by atoms with Crippen molar-refractivity contribution in [1.29, 1.82) is 0 Å². The second kappa shape index (κ2) is 10.3. The first-order valence-electron chi connectivity index (χ1n) is 7.13. The van der Waals surface area contributed by atoms with Gasteiger partial charge in [-0.3, -0.25) is 4.79 Å². The second-order valence-electron chi connectivity index (χ2n) is 4.92. The number of benzene rings is 1. The molecule has 0 amide bonds. The molecular formula is C15H25N3O3. The highest BCUT2D eigenvalue weighted by atomic mass is 16.5. The van der Waals surface area contributed by atoms with E-state index in [1.807, 2.05) is 37.3 Å². The fourth-order valence-electron chi connectivity index (χ4n) is 1.81. The first-order valence-corrected chi connectivity index (χ1v) is 7.13. The molecule has 0 aliphatic carbocycles. The first kappa shape index (κ1) is 17.6. The van der Waals surface area contributed by atoms with Gasteiger partial charge in [0.15, 0.2) is 0 Å². The van der Waals surface area contributed by atoms with Crippen LogP contribution in [0.4, 0.5) is 0 Å². The predicted molar refractivity (Wildman–Crippen MR) is 81.6 cm³/mol. The lowest BCUT2D eigenvalue weighted by atomic mass is 10.1. The number of hydrogen-bond acceptors (Lipinski definition) is 6. The maximum atomic E-state index is 11.6. The molecule has 0 heterocycles. The van der Waals surface area contributed by atoms with Crippen LogP contribution in [0.25, 0.3) is 0 Å². The van der Waals surface area contributed by atoms with Crippen LogP contribution in [0.1, 0.15) is 12.5 Å². The topological polar surface area (TPSA) is 96.6 Å². The third-order valence-electron chi connectivity index (χ3n) is 3.03. The molecule has 0 bridgehead atoms. The van der Waals surface area contributed by atoms with Gasteiger partial charge in [0.05, 0.1) is 13.2 Å². The van der Waals surface area contributed by atoms with E-state index in [0.717, 1.165) is 5.56 Å². The number of nitrogens with one attached hydrogen (secondary N) is 2. The van der Waals surface area contributed by atoms with E-state index in [9.17, 15) is 4.79 Å². The quantitative estimate of drug-likeness (QED) is 0.439. The Hall–Kier alpha value is -1.47. The van der Waals surface area contributed by atoms with E-state index in [-0.39, 0.29) is 37.8 Å². The van der Waals surface area contributed by atoms with Gasteiger partial charge in [0.1, 0.15) is 6.61 Å². The molecule has 0 aliphatic rings. The van der Waals surface area contributed by atoms with Gasteiger partial charge in [-0.05, 0) is 12.5 Å². The highest BCUT2D eigenvalue weighted by Gasteiger charge is 2.13. The van der Waals surface area contributed by atoms with Crippen LogP contribution in [0.5, 0.6) is 0 Å². The molecule has 0 spiro atoms. The molecule has 0 aliphatic heterocycles. The first-order chi connectivity index (χ1) is 10.1. The molecule has 5 N–H and O–H groups in total. The SMILES string of the molecule is CC(N)C(CNCC(=O)OCc1ccccc1)NCCO. The summed E-state index contributed by atoms with van der Waals surface area (Å²) in [5.41, 5.74) is 6.79. The van der Waals surface area contributed by atoms with Crippen LogP contribution < -0.4 is 16.4 Å². The third-order valence-corrected chi connectivity index (χ3v) is 3.03. The molecule has 2 unspecified atom stereocenters. The molecule has 6 heteroatoms. The van der Waals surface area contributed by atoms with Gasteiger partial charge in [0, 0.05) is 25.2 Å². The minimum absolute atomic E-state index is 0.000858. The molecule has 0 saturated heterocycles. The number of hydrogen-bond donors (Lipinski definition) is 4.